The highest BCUT2D eigenvalue weighted by atomic mass is 16.5. The van der Waals surface area contributed by atoms with Gasteiger partial charge in [0.05, 0.1) is 31.2 Å². The average Bonchev–Trinajstić information content (AvgIpc) is 2.76. The lowest BCUT2D eigenvalue weighted by atomic mass is 10.1. The molecule has 156 valence electrons. The largest absolute Gasteiger partial charge is 0.497 e. The second-order valence-electron chi connectivity index (χ2n) is 6.45. The van der Waals surface area contributed by atoms with Gasteiger partial charge < -0.3 is 14.2 Å². The van der Waals surface area contributed by atoms with Crippen molar-refractivity contribution in [3.8, 4) is 5.75 Å². The summed E-state index contributed by atoms with van der Waals surface area (Å²) in [4.78, 5) is 37.0. The molecule has 0 atom stereocenters. The molecule has 30 heavy (non-hydrogen) atoms. The van der Waals surface area contributed by atoms with Gasteiger partial charge in [-0.2, -0.15) is 5.10 Å². The van der Waals surface area contributed by atoms with E-state index in [1.807, 2.05) is 0 Å². The van der Waals surface area contributed by atoms with Crippen LogP contribution in [0.1, 0.15) is 18.2 Å². The van der Waals surface area contributed by atoms with Gasteiger partial charge in [-0.25, -0.2) is 4.68 Å². The van der Waals surface area contributed by atoms with Crippen molar-refractivity contribution in [3.63, 3.8) is 0 Å². The van der Waals surface area contributed by atoms with E-state index in [-0.39, 0.29) is 26.2 Å². The molecule has 0 unspecified atom stereocenters. The maximum Gasteiger partial charge on any atom is 0.328 e. The molecule has 0 N–H and O–H groups in total. The first-order valence-electron chi connectivity index (χ1n) is 9.44. The maximum atomic E-state index is 12.7. The van der Waals surface area contributed by atoms with Crippen molar-refractivity contribution in [2.75, 3.05) is 13.7 Å². The molecule has 8 nitrogen and oxygen atoms in total. The van der Waals surface area contributed by atoms with E-state index in [2.05, 4.69) is 5.10 Å². The Bertz CT molecular complexity index is 1100. The summed E-state index contributed by atoms with van der Waals surface area (Å²) in [5.74, 6) is -0.369. The molecule has 2 aromatic carbocycles. The molecule has 0 radical (unpaired) electrons. The third-order valence-corrected chi connectivity index (χ3v) is 4.40. The average molecular weight is 410 g/mol. The molecular formula is C22H22N2O6. The lowest BCUT2D eigenvalue weighted by Gasteiger charge is -2.11. The first kappa shape index (κ1) is 21.0. The smallest absolute Gasteiger partial charge is 0.328 e. The van der Waals surface area contributed by atoms with Crippen LogP contribution in [-0.2, 0) is 38.6 Å². The Morgan fingerprint density at radius 2 is 1.67 bits per heavy atom. The number of methoxy groups -OCH3 is 1. The number of benzene rings is 2. The SMILES string of the molecule is CCOC(=O)Cc1nn(CC(=O)OCc2ccc(OC)cc2)c(=O)c2ccccc12. The molecule has 3 rings (SSSR count). The quantitative estimate of drug-likeness (QED) is 0.526. The summed E-state index contributed by atoms with van der Waals surface area (Å²) in [7, 11) is 1.57. The molecule has 0 amide bonds. The van der Waals surface area contributed by atoms with Crippen LogP contribution in [0.4, 0.5) is 0 Å². The van der Waals surface area contributed by atoms with Crippen molar-refractivity contribution in [2.45, 2.75) is 26.5 Å². The van der Waals surface area contributed by atoms with Gasteiger partial charge in [-0.1, -0.05) is 30.3 Å². The monoisotopic (exact) mass is 410 g/mol. The van der Waals surface area contributed by atoms with Gasteiger partial charge in [0, 0.05) is 5.39 Å². The summed E-state index contributed by atoms with van der Waals surface area (Å²) in [5.41, 5.74) is 0.720. The maximum absolute atomic E-state index is 12.7. The van der Waals surface area contributed by atoms with Crippen molar-refractivity contribution in [2.24, 2.45) is 0 Å². The molecular weight excluding hydrogens is 388 g/mol. The van der Waals surface area contributed by atoms with Gasteiger partial charge in [-0.3, -0.25) is 14.4 Å². The van der Waals surface area contributed by atoms with Crippen LogP contribution in [0.25, 0.3) is 10.8 Å². The van der Waals surface area contributed by atoms with E-state index in [0.29, 0.717) is 22.2 Å². The predicted octanol–water partition coefficient (Wildman–Crippen LogP) is 2.25. The van der Waals surface area contributed by atoms with Crippen molar-refractivity contribution in [1.82, 2.24) is 9.78 Å². The zero-order valence-electron chi connectivity index (χ0n) is 16.8. The number of carbonyl (C=O) groups excluding carboxylic acids is 2. The Morgan fingerprint density at radius 3 is 2.33 bits per heavy atom. The van der Waals surface area contributed by atoms with Gasteiger partial charge in [0.15, 0.2) is 0 Å². The molecule has 0 saturated heterocycles. The number of fused-ring (bicyclic) bond motifs is 1. The van der Waals surface area contributed by atoms with Crippen LogP contribution in [0.5, 0.6) is 5.75 Å². The second kappa shape index (κ2) is 9.69. The fourth-order valence-electron chi connectivity index (χ4n) is 2.95. The number of aromatic nitrogens is 2. The van der Waals surface area contributed by atoms with Gasteiger partial charge in [-0.15, -0.1) is 0 Å². The highest BCUT2D eigenvalue weighted by Crippen LogP contribution is 2.15. The molecule has 1 heterocycles. The summed E-state index contributed by atoms with van der Waals surface area (Å²) in [6.45, 7) is 1.65. The summed E-state index contributed by atoms with van der Waals surface area (Å²) in [5, 5.41) is 5.15. The molecule has 0 aliphatic heterocycles. The van der Waals surface area contributed by atoms with Crippen LogP contribution in [0.2, 0.25) is 0 Å². The number of hydrogen-bond donors (Lipinski definition) is 0. The predicted molar refractivity (Wildman–Crippen MR) is 109 cm³/mol. The number of hydrogen-bond acceptors (Lipinski definition) is 7. The van der Waals surface area contributed by atoms with E-state index in [9.17, 15) is 14.4 Å². The summed E-state index contributed by atoms with van der Waals surface area (Å²) >= 11 is 0. The zero-order chi connectivity index (χ0) is 21.5. The van der Waals surface area contributed by atoms with Crippen LogP contribution in [-0.4, -0.2) is 35.4 Å². The minimum absolute atomic E-state index is 0.0564. The molecule has 8 heteroatoms. The van der Waals surface area contributed by atoms with Gasteiger partial charge in [0.25, 0.3) is 5.56 Å². The number of ether oxygens (including phenoxy) is 3. The highest BCUT2D eigenvalue weighted by molar-refractivity contribution is 5.87. The lowest BCUT2D eigenvalue weighted by Crippen LogP contribution is -2.29. The number of esters is 2. The van der Waals surface area contributed by atoms with E-state index >= 15 is 0 Å². The molecule has 0 aliphatic rings. The first-order valence-corrected chi connectivity index (χ1v) is 9.44. The topological polar surface area (TPSA) is 96.7 Å². The normalized spacial score (nSPS) is 10.6. The van der Waals surface area contributed by atoms with Gasteiger partial charge in [-0.05, 0) is 30.7 Å². The fraction of sp³-hybridized carbons (Fsp3) is 0.273. The van der Waals surface area contributed by atoms with Gasteiger partial charge in [0.2, 0.25) is 0 Å². The molecule has 3 aromatic rings. The van der Waals surface area contributed by atoms with E-state index in [1.54, 1.807) is 62.6 Å². The minimum Gasteiger partial charge on any atom is -0.497 e. The fourth-order valence-corrected chi connectivity index (χ4v) is 2.95. The van der Waals surface area contributed by atoms with Gasteiger partial charge >= 0.3 is 11.9 Å². The number of rotatable bonds is 8. The van der Waals surface area contributed by atoms with Crippen LogP contribution < -0.4 is 10.3 Å². The van der Waals surface area contributed by atoms with E-state index in [4.69, 9.17) is 14.2 Å². The van der Waals surface area contributed by atoms with E-state index in [0.717, 1.165) is 10.2 Å². The Labute approximate surface area is 173 Å². The second-order valence-corrected chi connectivity index (χ2v) is 6.45. The summed E-state index contributed by atoms with van der Waals surface area (Å²) < 4.78 is 16.4. The van der Waals surface area contributed by atoms with Crippen molar-refractivity contribution < 1.29 is 23.8 Å². The van der Waals surface area contributed by atoms with E-state index in [1.165, 1.54) is 0 Å². The number of nitrogens with zero attached hydrogens (tertiary/aromatic N) is 2. The van der Waals surface area contributed by atoms with Crippen LogP contribution in [0.3, 0.4) is 0 Å². The Kier molecular flexibility index (Phi) is 6.79. The van der Waals surface area contributed by atoms with Crippen molar-refractivity contribution >= 4 is 22.7 Å². The minimum atomic E-state index is -0.613. The molecule has 0 bridgehead atoms. The van der Waals surface area contributed by atoms with E-state index < -0.39 is 17.5 Å². The van der Waals surface area contributed by atoms with Crippen LogP contribution in [0, 0.1) is 0 Å². The number of carbonyl (C=O) groups is 2. The standard InChI is InChI=1S/C22H22N2O6/c1-3-29-20(25)12-19-17-6-4-5-7-18(17)22(27)24(23-19)13-21(26)30-14-15-8-10-16(28-2)11-9-15/h4-11H,3,12-14H2,1-2H3. The third kappa shape index (κ3) is 5.02. The molecule has 0 fully saturated rings. The zero-order valence-corrected chi connectivity index (χ0v) is 16.8. The summed E-state index contributed by atoms with van der Waals surface area (Å²) in [6, 6.07) is 13.9. The molecule has 1 aromatic heterocycles. The van der Waals surface area contributed by atoms with Crippen molar-refractivity contribution in [1.29, 1.82) is 0 Å². The first-order chi connectivity index (χ1) is 14.5. The van der Waals surface area contributed by atoms with Crippen LogP contribution >= 0.6 is 0 Å². The molecule has 0 saturated carbocycles. The van der Waals surface area contributed by atoms with Crippen molar-refractivity contribution in [3.05, 3.63) is 70.1 Å². The van der Waals surface area contributed by atoms with Gasteiger partial charge in [0.1, 0.15) is 18.9 Å². The third-order valence-electron chi connectivity index (χ3n) is 4.40. The lowest BCUT2D eigenvalue weighted by molar-refractivity contribution is -0.146. The highest BCUT2D eigenvalue weighted by Gasteiger charge is 2.16. The Hall–Kier alpha value is -3.68. The van der Waals surface area contributed by atoms with Crippen LogP contribution in [0.15, 0.2) is 53.3 Å². The Morgan fingerprint density at radius 1 is 0.967 bits per heavy atom. The molecule has 0 spiro atoms. The summed E-state index contributed by atoms with van der Waals surface area (Å²) in [6.07, 6.45) is -0.102. The molecule has 0 aliphatic carbocycles. The Balaban J connectivity index is 1.78.